The zero-order valence-electron chi connectivity index (χ0n) is 14.8. The van der Waals surface area contributed by atoms with Gasteiger partial charge in [-0.3, -0.25) is 4.68 Å². The van der Waals surface area contributed by atoms with Crippen molar-refractivity contribution in [3.05, 3.63) is 36.0 Å². The number of halogens is 3. The van der Waals surface area contributed by atoms with Gasteiger partial charge >= 0.3 is 6.18 Å². The summed E-state index contributed by atoms with van der Waals surface area (Å²) < 4.78 is 48.1. The van der Waals surface area contributed by atoms with Crippen LogP contribution >= 0.6 is 0 Å². The van der Waals surface area contributed by atoms with Crippen LogP contribution in [0.2, 0.25) is 0 Å². The minimum atomic E-state index is -4.69. The second-order valence-electron chi connectivity index (χ2n) is 5.66. The number of nitrogen functional groups attached to an aromatic ring is 1. The topological polar surface area (TPSA) is 90.9 Å². The molecule has 0 spiro atoms. The highest BCUT2D eigenvalue weighted by Gasteiger charge is 2.39. The number of aryl methyl sites for hydroxylation is 1. The van der Waals surface area contributed by atoms with Crippen LogP contribution in [0, 0.1) is 0 Å². The van der Waals surface area contributed by atoms with E-state index in [2.05, 4.69) is 20.4 Å². The van der Waals surface area contributed by atoms with Crippen molar-refractivity contribution in [1.82, 2.24) is 19.7 Å². The monoisotopic (exact) mass is 378 g/mol. The number of nitrogens with two attached hydrogens (primary N) is 1. The van der Waals surface area contributed by atoms with E-state index in [0.717, 1.165) is 11.3 Å². The molecule has 2 heterocycles. The Balaban J connectivity index is 2.25. The Kier molecular flexibility index (Phi) is 4.64. The Hall–Kier alpha value is -3.30. The van der Waals surface area contributed by atoms with Gasteiger partial charge in [0, 0.05) is 31.4 Å². The Bertz CT molecular complexity index is 983. The summed E-state index contributed by atoms with van der Waals surface area (Å²) in [4.78, 5) is 7.50. The summed E-state index contributed by atoms with van der Waals surface area (Å²) in [5.74, 6) is -0.456. The maximum absolute atomic E-state index is 13.7. The van der Waals surface area contributed by atoms with Gasteiger partial charge in [0.2, 0.25) is 5.95 Å². The average Bonchev–Trinajstić information content (AvgIpc) is 3.05. The zero-order chi connectivity index (χ0) is 19.8. The third kappa shape index (κ3) is 3.37. The molecule has 0 aliphatic heterocycles. The van der Waals surface area contributed by atoms with E-state index in [1.54, 1.807) is 36.1 Å². The molecule has 2 aromatic heterocycles. The zero-order valence-corrected chi connectivity index (χ0v) is 14.8. The average molecular weight is 378 g/mol. The quantitative estimate of drug-likeness (QED) is 0.725. The van der Waals surface area contributed by atoms with Crippen LogP contribution in [0.1, 0.15) is 5.56 Å². The predicted octanol–water partition coefficient (Wildman–Crippen LogP) is 3.20. The molecule has 1 aromatic carbocycles. The highest BCUT2D eigenvalue weighted by Crippen LogP contribution is 2.43. The first-order chi connectivity index (χ1) is 12.8. The molecule has 142 valence electrons. The van der Waals surface area contributed by atoms with Gasteiger partial charge in [0.15, 0.2) is 0 Å². The Labute approximate surface area is 153 Å². The molecule has 3 aromatic rings. The fourth-order valence-electron chi connectivity index (χ4n) is 2.83. The second-order valence-corrected chi connectivity index (χ2v) is 5.66. The molecule has 27 heavy (non-hydrogen) atoms. The summed E-state index contributed by atoms with van der Waals surface area (Å²) in [7, 11) is 4.48. The maximum Gasteiger partial charge on any atom is 0.422 e. The first-order valence-electron chi connectivity index (χ1n) is 7.85. The van der Waals surface area contributed by atoms with E-state index in [1.807, 2.05) is 0 Å². The number of alkyl halides is 3. The number of benzene rings is 1. The fraction of sp³-hybridized carbons (Fsp3) is 0.235. The van der Waals surface area contributed by atoms with Gasteiger partial charge in [0.1, 0.15) is 17.1 Å². The molecule has 3 rings (SSSR count). The summed E-state index contributed by atoms with van der Waals surface area (Å²) >= 11 is 0. The lowest BCUT2D eigenvalue weighted by Crippen LogP contribution is -2.15. The van der Waals surface area contributed by atoms with Crippen molar-refractivity contribution in [2.24, 2.45) is 7.05 Å². The van der Waals surface area contributed by atoms with Gasteiger partial charge < -0.3 is 15.8 Å². The number of nitrogens with one attached hydrogen (secondary N) is 1. The van der Waals surface area contributed by atoms with Crippen LogP contribution in [0.5, 0.6) is 5.75 Å². The molecule has 0 amide bonds. The number of methoxy groups -OCH3 is 1. The van der Waals surface area contributed by atoms with Crippen molar-refractivity contribution >= 4 is 11.8 Å². The molecule has 0 saturated heterocycles. The number of aromatic nitrogens is 4. The standard InChI is InChI=1S/C17H17F3N6O/c1-22-15-13(17(18,19)20)14(24-16(21)25-15)10-5-4-9(8-12(10)27-3)11-6-7-23-26(11)2/h4-8H,1-3H3,(H3,21,22,24,25). The lowest BCUT2D eigenvalue weighted by atomic mass is 10.0. The van der Waals surface area contributed by atoms with E-state index in [9.17, 15) is 13.2 Å². The van der Waals surface area contributed by atoms with Crippen LogP contribution < -0.4 is 15.8 Å². The largest absolute Gasteiger partial charge is 0.496 e. The fourth-order valence-corrected chi connectivity index (χ4v) is 2.83. The van der Waals surface area contributed by atoms with Crippen LogP contribution in [0.25, 0.3) is 22.5 Å². The molecule has 0 aliphatic rings. The van der Waals surface area contributed by atoms with Crippen LogP contribution in [-0.2, 0) is 13.2 Å². The molecular weight excluding hydrogens is 361 g/mol. The second kappa shape index (κ2) is 6.78. The maximum atomic E-state index is 13.7. The lowest BCUT2D eigenvalue weighted by Gasteiger charge is -2.18. The molecule has 0 radical (unpaired) electrons. The van der Waals surface area contributed by atoms with Crippen LogP contribution in [0.3, 0.4) is 0 Å². The summed E-state index contributed by atoms with van der Waals surface area (Å²) in [5, 5.41) is 6.52. The highest BCUT2D eigenvalue weighted by atomic mass is 19.4. The van der Waals surface area contributed by atoms with Crippen molar-refractivity contribution in [3.8, 4) is 28.3 Å². The van der Waals surface area contributed by atoms with E-state index in [0.29, 0.717) is 0 Å². The summed E-state index contributed by atoms with van der Waals surface area (Å²) in [5.41, 5.74) is 5.93. The van der Waals surface area contributed by atoms with Crippen LogP contribution in [-0.4, -0.2) is 33.9 Å². The molecule has 0 atom stereocenters. The predicted molar refractivity (Wildman–Crippen MR) is 95.2 cm³/mol. The van der Waals surface area contributed by atoms with Gasteiger partial charge in [-0.15, -0.1) is 0 Å². The van der Waals surface area contributed by atoms with Crippen molar-refractivity contribution in [3.63, 3.8) is 0 Å². The van der Waals surface area contributed by atoms with Crippen molar-refractivity contribution in [2.45, 2.75) is 6.18 Å². The van der Waals surface area contributed by atoms with Gasteiger partial charge in [-0.25, -0.2) is 4.98 Å². The number of ether oxygens (including phenoxy) is 1. The smallest absolute Gasteiger partial charge is 0.422 e. The molecule has 3 N–H and O–H groups in total. The van der Waals surface area contributed by atoms with Crippen molar-refractivity contribution in [1.29, 1.82) is 0 Å². The molecule has 0 fully saturated rings. The number of hydrogen-bond donors (Lipinski definition) is 2. The minimum Gasteiger partial charge on any atom is -0.496 e. The molecular formula is C17H17F3N6O. The van der Waals surface area contributed by atoms with Crippen LogP contribution in [0.4, 0.5) is 24.9 Å². The van der Waals surface area contributed by atoms with Crippen molar-refractivity contribution < 1.29 is 17.9 Å². The molecule has 7 nitrogen and oxygen atoms in total. The summed E-state index contributed by atoms with van der Waals surface area (Å²) in [6, 6.07) is 6.60. The third-order valence-electron chi connectivity index (χ3n) is 4.02. The number of rotatable bonds is 4. The van der Waals surface area contributed by atoms with Gasteiger partial charge in [-0.05, 0) is 18.2 Å². The minimum absolute atomic E-state index is 0.154. The van der Waals surface area contributed by atoms with Crippen molar-refractivity contribution in [2.75, 3.05) is 25.2 Å². The van der Waals surface area contributed by atoms with E-state index < -0.39 is 17.6 Å². The molecule has 0 aliphatic carbocycles. The Morgan fingerprint density at radius 1 is 1.19 bits per heavy atom. The molecule has 0 saturated carbocycles. The summed E-state index contributed by atoms with van der Waals surface area (Å²) in [6.07, 6.45) is -3.06. The summed E-state index contributed by atoms with van der Waals surface area (Å²) in [6.45, 7) is 0. The Morgan fingerprint density at radius 3 is 2.48 bits per heavy atom. The molecule has 10 heteroatoms. The van der Waals surface area contributed by atoms with E-state index in [4.69, 9.17) is 10.5 Å². The normalized spacial score (nSPS) is 11.5. The van der Waals surface area contributed by atoms with E-state index >= 15 is 0 Å². The number of nitrogens with zero attached hydrogens (tertiary/aromatic N) is 4. The SMILES string of the molecule is CNc1nc(N)nc(-c2ccc(-c3ccnn3C)cc2OC)c1C(F)(F)F. The van der Waals surface area contributed by atoms with Gasteiger partial charge in [0.25, 0.3) is 0 Å². The number of anilines is 2. The van der Waals surface area contributed by atoms with Gasteiger partial charge in [-0.2, -0.15) is 23.3 Å². The molecule has 0 bridgehead atoms. The third-order valence-corrected chi connectivity index (χ3v) is 4.02. The number of hydrogen-bond acceptors (Lipinski definition) is 6. The first-order valence-corrected chi connectivity index (χ1v) is 7.85. The lowest BCUT2D eigenvalue weighted by molar-refractivity contribution is -0.136. The van der Waals surface area contributed by atoms with Gasteiger partial charge in [-0.1, -0.05) is 6.07 Å². The first kappa shape index (κ1) is 18.5. The molecule has 0 unspecified atom stereocenters. The van der Waals surface area contributed by atoms with E-state index in [1.165, 1.54) is 20.2 Å². The highest BCUT2D eigenvalue weighted by molar-refractivity contribution is 5.78. The van der Waals surface area contributed by atoms with E-state index in [-0.39, 0.29) is 23.0 Å². The Morgan fingerprint density at radius 2 is 1.93 bits per heavy atom. The van der Waals surface area contributed by atoms with Crippen LogP contribution in [0.15, 0.2) is 30.5 Å². The van der Waals surface area contributed by atoms with Gasteiger partial charge in [0.05, 0.1) is 18.5 Å².